The summed E-state index contributed by atoms with van der Waals surface area (Å²) in [5.74, 6) is -0.457. The quantitative estimate of drug-likeness (QED) is 0.820. The average molecular weight is 365 g/mol. The van der Waals surface area contributed by atoms with Gasteiger partial charge in [-0.2, -0.15) is 0 Å². The Labute approximate surface area is 144 Å². The second kappa shape index (κ2) is 7.98. The van der Waals surface area contributed by atoms with Crippen molar-refractivity contribution in [1.29, 1.82) is 0 Å². The molecule has 0 saturated carbocycles. The molecule has 6 nitrogen and oxygen atoms in total. The van der Waals surface area contributed by atoms with Crippen molar-refractivity contribution in [3.8, 4) is 0 Å². The molecule has 1 N–H and O–H groups in total. The minimum atomic E-state index is -4.17. The number of carbonyl (C=O) groups is 2. The molecule has 0 bridgehead atoms. The molecular weight excluding hydrogens is 350 g/mol. The topological polar surface area (TPSA) is 89.5 Å². The molecule has 1 amide bonds. The van der Waals surface area contributed by atoms with E-state index in [2.05, 4.69) is 4.74 Å². The SMILES string of the molecule is COC(=O)c1ccccc1S(=O)(=O)NC(=O)SCc1ccccc1. The van der Waals surface area contributed by atoms with Crippen molar-refractivity contribution >= 4 is 33.0 Å². The normalized spacial score (nSPS) is 10.9. The summed E-state index contributed by atoms with van der Waals surface area (Å²) in [6, 6.07) is 14.7. The van der Waals surface area contributed by atoms with Crippen LogP contribution in [0, 0.1) is 0 Å². The van der Waals surface area contributed by atoms with E-state index < -0.39 is 21.2 Å². The van der Waals surface area contributed by atoms with Crippen molar-refractivity contribution in [3.63, 3.8) is 0 Å². The van der Waals surface area contributed by atoms with Crippen molar-refractivity contribution < 1.29 is 22.7 Å². The number of amides is 1. The number of carbonyl (C=O) groups excluding carboxylic acids is 2. The minimum Gasteiger partial charge on any atom is -0.465 e. The van der Waals surface area contributed by atoms with Crippen LogP contribution in [0.25, 0.3) is 0 Å². The van der Waals surface area contributed by atoms with Crippen LogP contribution in [0.1, 0.15) is 15.9 Å². The first-order valence-corrected chi connectivity index (χ1v) is 9.32. The Balaban J connectivity index is 2.11. The van der Waals surface area contributed by atoms with Gasteiger partial charge in [0.05, 0.1) is 12.7 Å². The van der Waals surface area contributed by atoms with Crippen LogP contribution in [-0.4, -0.2) is 26.7 Å². The number of hydrogen-bond donors (Lipinski definition) is 1. The molecule has 0 atom stereocenters. The first kappa shape index (κ1) is 18.0. The van der Waals surface area contributed by atoms with Gasteiger partial charge in [0, 0.05) is 5.75 Å². The Bertz CT molecular complexity index is 835. The van der Waals surface area contributed by atoms with E-state index >= 15 is 0 Å². The van der Waals surface area contributed by atoms with E-state index in [0.29, 0.717) is 5.75 Å². The van der Waals surface area contributed by atoms with Crippen LogP contribution in [0.5, 0.6) is 0 Å². The van der Waals surface area contributed by atoms with Gasteiger partial charge in [0.25, 0.3) is 15.3 Å². The molecule has 0 heterocycles. The van der Waals surface area contributed by atoms with Gasteiger partial charge in [-0.1, -0.05) is 54.2 Å². The lowest BCUT2D eigenvalue weighted by molar-refractivity contribution is 0.0596. The maximum atomic E-state index is 12.3. The van der Waals surface area contributed by atoms with Crippen LogP contribution in [-0.2, 0) is 20.5 Å². The average Bonchev–Trinajstić information content (AvgIpc) is 2.60. The zero-order valence-electron chi connectivity index (χ0n) is 12.8. The molecule has 126 valence electrons. The molecule has 2 aromatic carbocycles. The van der Waals surface area contributed by atoms with Gasteiger partial charge in [0.2, 0.25) is 0 Å². The molecule has 0 aliphatic carbocycles. The van der Waals surface area contributed by atoms with Gasteiger partial charge >= 0.3 is 5.97 Å². The van der Waals surface area contributed by atoms with E-state index in [1.807, 2.05) is 35.1 Å². The Hall–Kier alpha value is -2.32. The predicted molar refractivity (Wildman–Crippen MR) is 91.2 cm³/mol. The summed E-state index contributed by atoms with van der Waals surface area (Å²) >= 11 is 0.826. The van der Waals surface area contributed by atoms with E-state index in [4.69, 9.17) is 0 Å². The van der Waals surface area contributed by atoms with Crippen molar-refractivity contribution in [1.82, 2.24) is 4.72 Å². The summed E-state index contributed by atoms with van der Waals surface area (Å²) in [5, 5.41) is -0.724. The van der Waals surface area contributed by atoms with Crippen LogP contribution < -0.4 is 4.72 Å². The van der Waals surface area contributed by atoms with Gasteiger partial charge < -0.3 is 4.74 Å². The molecule has 0 spiro atoms. The van der Waals surface area contributed by atoms with Crippen molar-refractivity contribution in [2.24, 2.45) is 0 Å². The van der Waals surface area contributed by atoms with Crippen LogP contribution >= 0.6 is 11.8 Å². The fraction of sp³-hybridized carbons (Fsp3) is 0.125. The summed E-state index contributed by atoms with van der Waals surface area (Å²) in [6.45, 7) is 0. The highest BCUT2D eigenvalue weighted by molar-refractivity contribution is 8.14. The van der Waals surface area contributed by atoms with Gasteiger partial charge in [-0.3, -0.25) is 4.79 Å². The maximum Gasteiger partial charge on any atom is 0.339 e. The summed E-state index contributed by atoms with van der Waals surface area (Å²) in [5.41, 5.74) is 0.762. The lowest BCUT2D eigenvalue weighted by Gasteiger charge is -2.10. The Kier molecular flexibility index (Phi) is 5.99. The third-order valence-corrected chi connectivity index (χ3v) is 5.37. The lowest BCUT2D eigenvalue weighted by atomic mass is 10.2. The molecule has 0 aromatic heterocycles. The van der Waals surface area contributed by atoms with Crippen molar-refractivity contribution in [2.45, 2.75) is 10.6 Å². The molecule has 0 aliphatic heterocycles. The van der Waals surface area contributed by atoms with E-state index in [9.17, 15) is 18.0 Å². The maximum absolute atomic E-state index is 12.3. The number of methoxy groups -OCH3 is 1. The fourth-order valence-electron chi connectivity index (χ4n) is 1.90. The Morgan fingerprint density at radius 1 is 1.04 bits per heavy atom. The van der Waals surface area contributed by atoms with Crippen LogP contribution in [0.2, 0.25) is 0 Å². The second-order valence-electron chi connectivity index (χ2n) is 4.65. The molecule has 0 unspecified atom stereocenters. The molecule has 0 radical (unpaired) electrons. The zero-order chi connectivity index (χ0) is 17.6. The lowest BCUT2D eigenvalue weighted by Crippen LogP contribution is -2.29. The number of thioether (sulfide) groups is 1. The third kappa shape index (κ3) is 4.59. The van der Waals surface area contributed by atoms with Gasteiger partial charge in [0.15, 0.2) is 0 Å². The largest absolute Gasteiger partial charge is 0.465 e. The highest BCUT2D eigenvalue weighted by atomic mass is 32.2. The molecule has 0 fully saturated rings. The number of hydrogen-bond acceptors (Lipinski definition) is 6. The van der Waals surface area contributed by atoms with Gasteiger partial charge in [-0.05, 0) is 17.7 Å². The van der Waals surface area contributed by atoms with E-state index in [1.54, 1.807) is 0 Å². The number of rotatable bonds is 5. The zero-order valence-corrected chi connectivity index (χ0v) is 14.4. The third-order valence-electron chi connectivity index (χ3n) is 3.01. The molecule has 24 heavy (non-hydrogen) atoms. The molecule has 0 aliphatic rings. The smallest absolute Gasteiger partial charge is 0.339 e. The summed E-state index contributed by atoms with van der Waals surface area (Å²) in [4.78, 5) is 23.3. The first-order valence-electron chi connectivity index (χ1n) is 6.85. The van der Waals surface area contributed by atoms with Crippen molar-refractivity contribution in [3.05, 3.63) is 65.7 Å². The molecule has 0 saturated heterocycles. The van der Waals surface area contributed by atoms with E-state index in [0.717, 1.165) is 24.4 Å². The Morgan fingerprint density at radius 3 is 2.33 bits per heavy atom. The molecule has 2 aromatic rings. The van der Waals surface area contributed by atoms with Gasteiger partial charge in [-0.15, -0.1) is 0 Å². The standard InChI is InChI=1S/C16H15NO5S2/c1-22-15(18)13-9-5-6-10-14(13)24(20,21)17-16(19)23-11-12-7-3-2-4-8-12/h2-10H,11H2,1H3,(H,17,19). The fourth-order valence-corrected chi connectivity index (χ4v) is 3.98. The highest BCUT2D eigenvalue weighted by Crippen LogP contribution is 2.18. The number of ether oxygens (including phenoxy) is 1. The number of nitrogens with one attached hydrogen (secondary N) is 1. The first-order chi connectivity index (χ1) is 11.4. The van der Waals surface area contributed by atoms with Crippen molar-refractivity contribution in [2.75, 3.05) is 7.11 Å². The monoisotopic (exact) mass is 365 g/mol. The van der Waals surface area contributed by atoms with E-state index in [1.165, 1.54) is 24.3 Å². The van der Waals surface area contributed by atoms with Crippen LogP contribution in [0.15, 0.2) is 59.5 Å². The van der Waals surface area contributed by atoms with Crippen LogP contribution in [0.3, 0.4) is 0 Å². The molecule has 8 heteroatoms. The summed E-state index contributed by atoms with van der Waals surface area (Å²) in [7, 11) is -3.02. The van der Waals surface area contributed by atoms with Gasteiger partial charge in [0.1, 0.15) is 4.90 Å². The van der Waals surface area contributed by atoms with E-state index in [-0.39, 0.29) is 10.5 Å². The summed E-state index contributed by atoms with van der Waals surface area (Å²) in [6.07, 6.45) is 0. The number of sulfonamides is 1. The predicted octanol–water partition coefficient (Wildman–Crippen LogP) is 2.80. The molecular formula is C16H15NO5S2. The Morgan fingerprint density at radius 2 is 1.67 bits per heavy atom. The van der Waals surface area contributed by atoms with Gasteiger partial charge in [-0.25, -0.2) is 17.9 Å². The summed E-state index contributed by atoms with van der Waals surface area (Å²) < 4.78 is 31.2. The van der Waals surface area contributed by atoms with Crippen LogP contribution in [0.4, 0.5) is 4.79 Å². The second-order valence-corrected chi connectivity index (χ2v) is 7.25. The minimum absolute atomic E-state index is 0.131. The molecule has 2 rings (SSSR count). The highest BCUT2D eigenvalue weighted by Gasteiger charge is 2.24. The number of benzene rings is 2. The number of esters is 1.